The van der Waals surface area contributed by atoms with Crippen LogP contribution in [0.1, 0.15) is 21.5 Å². The molecule has 0 spiro atoms. The minimum Gasteiger partial charge on any atom is -0.493 e. The fourth-order valence-electron chi connectivity index (χ4n) is 2.56. The number of nitrogens with one attached hydrogen (secondary N) is 1. The average molecular weight is 416 g/mol. The van der Waals surface area contributed by atoms with Gasteiger partial charge in [-0.25, -0.2) is 0 Å². The lowest BCUT2D eigenvalue weighted by atomic mass is 10.1. The molecule has 28 heavy (non-hydrogen) atoms. The first kappa shape index (κ1) is 20.1. The number of amides is 1. The zero-order valence-electron chi connectivity index (χ0n) is 15.5. The van der Waals surface area contributed by atoms with E-state index in [-0.39, 0.29) is 5.91 Å². The van der Waals surface area contributed by atoms with Crippen molar-refractivity contribution in [2.45, 2.75) is 13.5 Å². The molecule has 0 fully saturated rings. The number of carbonyl (C=O) groups is 1. The number of carbonyl (C=O) groups excluding carboxylic acids is 1. The van der Waals surface area contributed by atoms with Crippen molar-refractivity contribution in [2.24, 2.45) is 0 Å². The van der Waals surface area contributed by atoms with Crippen LogP contribution in [0.15, 0.2) is 60.7 Å². The summed E-state index contributed by atoms with van der Waals surface area (Å²) >= 11 is 12.1. The van der Waals surface area contributed by atoms with Gasteiger partial charge in [0.1, 0.15) is 6.61 Å². The molecular formula is C22H19Cl2NO3. The summed E-state index contributed by atoms with van der Waals surface area (Å²) < 4.78 is 11.2. The van der Waals surface area contributed by atoms with E-state index in [0.29, 0.717) is 39.4 Å². The molecule has 3 aromatic rings. The molecule has 0 heterocycles. The number of anilines is 1. The van der Waals surface area contributed by atoms with Gasteiger partial charge in [0.05, 0.1) is 17.8 Å². The summed E-state index contributed by atoms with van der Waals surface area (Å²) in [4.78, 5) is 12.6. The van der Waals surface area contributed by atoms with E-state index < -0.39 is 0 Å². The fraction of sp³-hybridized carbons (Fsp3) is 0.136. The lowest BCUT2D eigenvalue weighted by Gasteiger charge is -2.13. The van der Waals surface area contributed by atoms with Gasteiger partial charge >= 0.3 is 0 Å². The van der Waals surface area contributed by atoms with Gasteiger partial charge in [0, 0.05) is 10.6 Å². The summed E-state index contributed by atoms with van der Waals surface area (Å²) in [5.74, 6) is 0.699. The summed E-state index contributed by atoms with van der Waals surface area (Å²) in [6, 6.07) is 18.0. The molecular weight excluding hydrogens is 397 g/mol. The van der Waals surface area contributed by atoms with E-state index in [2.05, 4.69) is 5.32 Å². The van der Waals surface area contributed by atoms with Gasteiger partial charge in [-0.3, -0.25) is 4.79 Å². The molecule has 6 heteroatoms. The highest BCUT2D eigenvalue weighted by Gasteiger charge is 2.13. The van der Waals surface area contributed by atoms with Gasteiger partial charge in [0.25, 0.3) is 5.91 Å². The van der Waals surface area contributed by atoms with Crippen molar-refractivity contribution in [2.75, 3.05) is 12.4 Å². The maximum Gasteiger partial charge on any atom is 0.255 e. The van der Waals surface area contributed by atoms with Crippen LogP contribution in [0.4, 0.5) is 5.69 Å². The molecule has 0 bridgehead atoms. The van der Waals surface area contributed by atoms with Crippen LogP contribution in [-0.2, 0) is 6.61 Å². The molecule has 1 amide bonds. The van der Waals surface area contributed by atoms with E-state index in [1.807, 2.05) is 31.2 Å². The normalized spacial score (nSPS) is 10.4. The predicted molar refractivity (Wildman–Crippen MR) is 113 cm³/mol. The Bertz CT molecular complexity index is 988. The van der Waals surface area contributed by atoms with Crippen molar-refractivity contribution in [1.82, 2.24) is 0 Å². The lowest BCUT2D eigenvalue weighted by Crippen LogP contribution is -2.12. The number of aryl methyl sites for hydroxylation is 1. The smallest absolute Gasteiger partial charge is 0.255 e. The van der Waals surface area contributed by atoms with Gasteiger partial charge in [-0.05, 0) is 48.9 Å². The fourth-order valence-corrected chi connectivity index (χ4v) is 2.90. The Hall–Kier alpha value is -2.69. The summed E-state index contributed by atoms with van der Waals surface area (Å²) in [7, 11) is 1.53. The molecule has 0 radical (unpaired) electrons. The summed E-state index contributed by atoms with van der Waals surface area (Å²) in [5.41, 5.74) is 3.09. The largest absolute Gasteiger partial charge is 0.493 e. The molecule has 144 valence electrons. The molecule has 0 aliphatic carbocycles. The van der Waals surface area contributed by atoms with E-state index in [0.717, 1.165) is 5.56 Å². The minimum atomic E-state index is -0.326. The van der Waals surface area contributed by atoms with Gasteiger partial charge in [0.15, 0.2) is 11.5 Å². The lowest BCUT2D eigenvalue weighted by molar-refractivity contribution is 0.102. The first-order valence-electron chi connectivity index (χ1n) is 8.59. The first-order chi connectivity index (χ1) is 13.5. The SMILES string of the molecule is COc1cc(C(=O)Nc2cc(Cl)ccc2Cl)ccc1OCc1ccc(C)cc1. The Kier molecular flexibility index (Phi) is 6.45. The Morgan fingerprint density at radius 2 is 1.71 bits per heavy atom. The maximum absolute atomic E-state index is 12.6. The molecule has 3 aromatic carbocycles. The topological polar surface area (TPSA) is 47.6 Å². The second kappa shape index (κ2) is 9.00. The third kappa shape index (κ3) is 4.97. The number of halogens is 2. The van der Waals surface area contributed by atoms with E-state index in [4.69, 9.17) is 32.7 Å². The molecule has 4 nitrogen and oxygen atoms in total. The second-order valence-electron chi connectivity index (χ2n) is 6.22. The Morgan fingerprint density at radius 1 is 0.964 bits per heavy atom. The predicted octanol–water partition coefficient (Wildman–Crippen LogP) is 6.14. The molecule has 0 atom stereocenters. The van der Waals surface area contributed by atoms with Crippen LogP contribution in [-0.4, -0.2) is 13.0 Å². The number of ether oxygens (including phenoxy) is 2. The van der Waals surface area contributed by atoms with Gasteiger partial charge in [-0.2, -0.15) is 0 Å². The van der Waals surface area contributed by atoms with Crippen LogP contribution in [0.5, 0.6) is 11.5 Å². The number of hydrogen-bond donors (Lipinski definition) is 1. The minimum absolute atomic E-state index is 0.326. The van der Waals surface area contributed by atoms with E-state index in [1.165, 1.54) is 12.7 Å². The molecule has 1 N–H and O–H groups in total. The van der Waals surface area contributed by atoms with Crippen LogP contribution >= 0.6 is 23.2 Å². The highest BCUT2D eigenvalue weighted by molar-refractivity contribution is 6.35. The molecule has 0 saturated carbocycles. The second-order valence-corrected chi connectivity index (χ2v) is 7.06. The van der Waals surface area contributed by atoms with Gasteiger partial charge in [-0.15, -0.1) is 0 Å². The maximum atomic E-state index is 12.6. The highest BCUT2D eigenvalue weighted by atomic mass is 35.5. The summed E-state index contributed by atoms with van der Waals surface area (Å²) in [6.07, 6.45) is 0. The van der Waals surface area contributed by atoms with Gasteiger partial charge in [0.2, 0.25) is 0 Å². The summed E-state index contributed by atoms with van der Waals surface area (Å²) in [5, 5.41) is 3.64. The van der Waals surface area contributed by atoms with Crippen LogP contribution in [0.2, 0.25) is 10.0 Å². The van der Waals surface area contributed by atoms with Crippen molar-refractivity contribution in [3.05, 3.63) is 87.4 Å². The van der Waals surface area contributed by atoms with Crippen molar-refractivity contribution >= 4 is 34.8 Å². The van der Waals surface area contributed by atoms with Crippen LogP contribution in [0.3, 0.4) is 0 Å². The van der Waals surface area contributed by atoms with Crippen LogP contribution in [0, 0.1) is 6.92 Å². The standard InChI is InChI=1S/C22H19Cl2NO3/c1-14-3-5-15(6-4-14)13-28-20-10-7-16(11-21(20)27-2)22(26)25-19-12-17(23)8-9-18(19)24/h3-12H,13H2,1-2H3,(H,25,26). The third-order valence-electron chi connectivity index (χ3n) is 4.12. The number of rotatable bonds is 6. The van der Waals surface area contributed by atoms with Crippen molar-refractivity contribution in [1.29, 1.82) is 0 Å². The number of methoxy groups -OCH3 is 1. The zero-order valence-corrected chi connectivity index (χ0v) is 17.0. The first-order valence-corrected chi connectivity index (χ1v) is 9.34. The van der Waals surface area contributed by atoms with Crippen molar-refractivity contribution in [3.8, 4) is 11.5 Å². The average Bonchev–Trinajstić information content (AvgIpc) is 2.70. The quantitative estimate of drug-likeness (QED) is 0.525. The molecule has 0 saturated heterocycles. The van der Waals surface area contributed by atoms with Gasteiger partial charge < -0.3 is 14.8 Å². The van der Waals surface area contributed by atoms with Crippen molar-refractivity contribution in [3.63, 3.8) is 0 Å². The monoisotopic (exact) mass is 415 g/mol. The molecule has 0 aliphatic rings. The summed E-state index contributed by atoms with van der Waals surface area (Å²) in [6.45, 7) is 2.44. The molecule has 0 unspecified atom stereocenters. The molecule has 3 rings (SSSR count). The van der Waals surface area contributed by atoms with E-state index >= 15 is 0 Å². The number of benzene rings is 3. The van der Waals surface area contributed by atoms with E-state index in [9.17, 15) is 4.79 Å². The highest BCUT2D eigenvalue weighted by Crippen LogP contribution is 2.30. The Labute approximate surface area is 174 Å². The third-order valence-corrected chi connectivity index (χ3v) is 4.68. The number of hydrogen-bond acceptors (Lipinski definition) is 3. The van der Waals surface area contributed by atoms with Crippen LogP contribution < -0.4 is 14.8 Å². The Morgan fingerprint density at radius 3 is 2.43 bits per heavy atom. The molecule has 0 aromatic heterocycles. The van der Waals surface area contributed by atoms with E-state index in [1.54, 1.807) is 36.4 Å². The zero-order chi connectivity index (χ0) is 20.1. The van der Waals surface area contributed by atoms with Crippen LogP contribution in [0.25, 0.3) is 0 Å². The van der Waals surface area contributed by atoms with Gasteiger partial charge in [-0.1, -0.05) is 53.0 Å². The molecule has 0 aliphatic heterocycles. The van der Waals surface area contributed by atoms with Crippen molar-refractivity contribution < 1.29 is 14.3 Å². The Balaban J connectivity index is 1.73.